The first-order valence-corrected chi connectivity index (χ1v) is 8.91. The smallest absolute Gasteiger partial charge is 0.0704 e. The van der Waals surface area contributed by atoms with E-state index in [2.05, 4.69) is 67.4 Å². The fraction of sp³-hybridized carbons (Fsp3) is 0.160. The van der Waals surface area contributed by atoms with Crippen LogP contribution in [0.15, 0.2) is 72.9 Å². The highest BCUT2D eigenvalue weighted by molar-refractivity contribution is 5.97. The molecule has 0 saturated heterocycles. The maximum atomic E-state index is 7.69. The molecule has 0 aliphatic heterocycles. The first-order valence-electron chi connectivity index (χ1n) is 10.4. The van der Waals surface area contributed by atoms with Crippen molar-refractivity contribution in [1.29, 1.82) is 0 Å². The van der Waals surface area contributed by atoms with Crippen molar-refractivity contribution < 1.29 is 4.11 Å². The Morgan fingerprint density at radius 3 is 2.62 bits per heavy atom. The molecule has 4 aromatic rings. The monoisotopic (exact) mass is 338 g/mol. The third-order valence-electron chi connectivity index (χ3n) is 5.59. The minimum absolute atomic E-state index is 0.150. The third kappa shape index (κ3) is 2.07. The first kappa shape index (κ1) is 12.4. The normalized spacial score (nSPS) is 16.5. The predicted octanol–water partition coefficient (Wildman–Crippen LogP) is 6.52. The molecular weight excluding hydrogens is 314 g/mol. The first-order chi connectivity index (χ1) is 13.8. The van der Waals surface area contributed by atoms with Gasteiger partial charge in [0.2, 0.25) is 0 Å². The zero-order valence-electron chi connectivity index (χ0n) is 17.9. The van der Waals surface area contributed by atoms with Crippen LogP contribution in [-0.2, 0) is 5.41 Å². The number of hydrogen-bond donors (Lipinski definition) is 0. The molecule has 1 aromatic heterocycles. The Kier molecular flexibility index (Phi) is 2.52. The standard InChI is InChI=1S/C25H21N/c1-16-12-13-26-23(14-16)18-9-10-20-21-11-8-17-6-4-5-7-19(17)24(21)25(2,3)22(20)15-18/h4-15H,1-3H3/i1D3. The topological polar surface area (TPSA) is 12.9 Å². The second-order valence-corrected chi connectivity index (χ2v) is 7.52. The average molecular weight is 338 g/mol. The largest absolute Gasteiger partial charge is 0.256 e. The maximum Gasteiger partial charge on any atom is 0.0704 e. The molecule has 0 amide bonds. The second-order valence-electron chi connectivity index (χ2n) is 7.52. The number of aromatic nitrogens is 1. The van der Waals surface area contributed by atoms with E-state index in [0.29, 0.717) is 11.3 Å². The van der Waals surface area contributed by atoms with Gasteiger partial charge in [0.1, 0.15) is 0 Å². The van der Waals surface area contributed by atoms with Crippen LogP contribution in [0.5, 0.6) is 0 Å². The number of benzene rings is 3. The molecule has 5 rings (SSSR count). The average Bonchev–Trinajstić information content (AvgIpc) is 2.94. The molecule has 0 spiro atoms. The van der Waals surface area contributed by atoms with Gasteiger partial charge < -0.3 is 0 Å². The molecule has 1 aliphatic rings. The van der Waals surface area contributed by atoms with E-state index in [4.69, 9.17) is 4.11 Å². The second kappa shape index (κ2) is 5.28. The van der Waals surface area contributed by atoms with Gasteiger partial charge in [0.15, 0.2) is 0 Å². The van der Waals surface area contributed by atoms with Gasteiger partial charge in [0, 0.05) is 21.3 Å². The van der Waals surface area contributed by atoms with E-state index in [0.717, 1.165) is 5.56 Å². The highest BCUT2D eigenvalue weighted by Gasteiger charge is 2.36. The van der Waals surface area contributed by atoms with Crippen LogP contribution in [0.4, 0.5) is 0 Å². The van der Waals surface area contributed by atoms with E-state index >= 15 is 0 Å². The fourth-order valence-electron chi connectivity index (χ4n) is 4.35. The van der Waals surface area contributed by atoms with Crippen LogP contribution in [0.2, 0.25) is 0 Å². The Morgan fingerprint density at radius 1 is 0.885 bits per heavy atom. The van der Waals surface area contributed by atoms with Crippen molar-refractivity contribution in [2.75, 3.05) is 0 Å². The summed E-state index contributed by atoms with van der Waals surface area (Å²) in [6.45, 7) is 2.39. The van der Waals surface area contributed by atoms with E-state index in [1.54, 1.807) is 18.3 Å². The number of fused-ring (bicyclic) bond motifs is 5. The number of hydrogen-bond acceptors (Lipinski definition) is 1. The minimum atomic E-state index is -2.14. The lowest BCUT2D eigenvalue weighted by Crippen LogP contribution is -2.15. The van der Waals surface area contributed by atoms with Crippen LogP contribution in [0, 0.1) is 6.85 Å². The van der Waals surface area contributed by atoms with Crippen molar-refractivity contribution in [2.24, 2.45) is 0 Å². The Hall–Kier alpha value is -2.93. The Labute approximate surface area is 158 Å². The molecule has 1 nitrogen and oxygen atoms in total. The molecule has 0 bridgehead atoms. The van der Waals surface area contributed by atoms with Crippen LogP contribution in [0.25, 0.3) is 33.2 Å². The number of aryl methyl sites for hydroxylation is 1. The lowest BCUT2D eigenvalue weighted by atomic mass is 9.80. The van der Waals surface area contributed by atoms with E-state index < -0.39 is 6.85 Å². The maximum absolute atomic E-state index is 7.69. The summed E-state index contributed by atoms with van der Waals surface area (Å²) >= 11 is 0. The van der Waals surface area contributed by atoms with Crippen LogP contribution in [0.1, 0.15) is 34.7 Å². The van der Waals surface area contributed by atoms with Gasteiger partial charge in [-0.25, -0.2) is 0 Å². The summed E-state index contributed by atoms with van der Waals surface area (Å²) < 4.78 is 23.1. The molecule has 0 unspecified atom stereocenters. The quantitative estimate of drug-likeness (QED) is 0.385. The molecule has 1 heteroatoms. The minimum Gasteiger partial charge on any atom is -0.256 e. The molecule has 0 saturated carbocycles. The zero-order chi connectivity index (χ0) is 20.4. The van der Waals surface area contributed by atoms with Gasteiger partial charge in [-0.15, -0.1) is 0 Å². The molecule has 0 atom stereocenters. The number of nitrogens with zero attached hydrogens (tertiary/aromatic N) is 1. The van der Waals surface area contributed by atoms with E-state index in [1.807, 2.05) is 6.07 Å². The zero-order valence-corrected chi connectivity index (χ0v) is 14.9. The van der Waals surface area contributed by atoms with Gasteiger partial charge in [-0.2, -0.15) is 0 Å². The highest BCUT2D eigenvalue weighted by atomic mass is 14.7. The van der Waals surface area contributed by atoms with Crippen molar-refractivity contribution in [3.05, 3.63) is 89.6 Å². The third-order valence-corrected chi connectivity index (χ3v) is 5.59. The van der Waals surface area contributed by atoms with Gasteiger partial charge in [0.25, 0.3) is 0 Å². The number of pyridine rings is 1. The van der Waals surface area contributed by atoms with Gasteiger partial charge in [-0.3, -0.25) is 4.98 Å². The summed E-state index contributed by atoms with van der Waals surface area (Å²) in [7, 11) is 0. The molecule has 0 radical (unpaired) electrons. The molecule has 126 valence electrons. The summed E-state index contributed by atoms with van der Waals surface area (Å²) in [6.07, 6.45) is 1.58. The summed E-state index contributed by atoms with van der Waals surface area (Å²) in [6, 6.07) is 22.6. The van der Waals surface area contributed by atoms with Crippen LogP contribution >= 0.6 is 0 Å². The molecule has 0 N–H and O–H groups in total. The van der Waals surface area contributed by atoms with Crippen molar-refractivity contribution in [2.45, 2.75) is 26.1 Å². The lowest BCUT2D eigenvalue weighted by Gasteiger charge is -2.23. The van der Waals surface area contributed by atoms with E-state index in [1.165, 1.54) is 33.0 Å². The van der Waals surface area contributed by atoms with E-state index in [9.17, 15) is 0 Å². The van der Waals surface area contributed by atoms with Crippen LogP contribution < -0.4 is 0 Å². The lowest BCUT2D eigenvalue weighted by molar-refractivity contribution is 0.666. The molecular formula is C25H21N. The van der Waals surface area contributed by atoms with Crippen molar-refractivity contribution in [3.8, 4) is 22.4 Å². The van der Waals surface area contributed by atoms with E-state index in [-0.39, 0.29) is 5.41 Å². The summed E-state index contributed by atoms with van der Waals surface area (Å²) in [5, 5.41) is 2.54. The highest BCUT2D eigenvalue weighted by Crippen LogP contribution is 2.51. The molecule has 1 aliphatic carbocycles. The van der Waals surface area contributed by atoms with Crippen molar-refractivity contribution in [1.82, 2.24) is 4.98 Å². The van der Waals surface area contributed by atoms with Gasteiger partial charge >= 0.3 is 0 Å². The predicted molar refractivity (Wildman–Crippen MR) is 109 cm³/mol. The molecule has 26 heavy (non-hydrogen) atoms. The Bertz CT molecular complexity index is 1270. The Balaban J connectivity index is 1.70. The van der Waals surface area contributed by atoms with Crippen LogP contribution in [-0.4, -0.2) is 4.98 Å². The SMILES string of the molecule is [2H]C([2H])([2H])c1ccnc(-c2ccc3c(c2)C(C)(C)c2c-3ccc3ccccc23)c1. The molecule has 3 aromatic carbocycles. The molecule has 1 heterocycles. The summed E-state index contributed by atoms with van der Waals surface area (Å²) in [5.41, 5.74) is 6.93. The summed E-state index contributed by atoms with van der Waals surface area (Å²) in [5.74, 6) is 0. The van der Waals surface area contributed by atoms with Gasteiger partial charge in [-0.05, 0) is 63.6 Å². The van der Waals surface area contributed by atoms with Crippen LogP contribution in [0.3, 0.4) is 0 Å². The summed E-state index contributed by atoms with van der Waals surface area (Å²) in [4.78, 5) is 4.45. The Morgan fingerprint density at radius 2 is 1.73 bits per heavy atom. The number of rotatable bonds is 1. The van der Waals surface area contributed by atoms with Gasteiger partial charge in [-0.1, -0.05) is 62.4 Å². The van der Waals surface area contributed by atoms with Crippen molar-refractivity contribution in [3.63, 3.8) is 0 Å². The van der Waals surface area contributed by atoms with Crippen molar-refractivity contribution >= 4 is 10.8 Å². The fourth-order valence-corrected chi connectivity index (χ4v) is 4.35. The molecule has 0 fully saturated rings. The van der Waals surface area contributed by atoms with Gasteiger partial charge in [0.05, 0.1) is 5.69 Å².